The number of rotatable bonds is 2. The van der Waals surface area contributed by atoms with Gasteiger partial charge in [-0.1, -0.05) is 18.2 Å². The largest absolute Gasteiger partial charge is 0.508 e. The van der Waals surface area contributed by atoms with Crippen LogP contribution in [0.2, 0.25) is 0 Å². The molecule has 5 nitrogen and oxygen atoms in total. The van der Waals surface area contributed by atoms with Crippen molar-refractivity contribution in [3.8, 4) is 5.75 Å². The highest BCUT2D eigenvalue weighted by molar-refractivity contribution is 6.23. The Labute approximate surface area is 121 Å². The summed E-state index contributed by atoms with van der Waals surface area (Å²) < 4.78 is 0. The van der Waals surface area contributed by atoms with Crippen LogP contribution in [-0.2, 0) is 0 Å². The van der Waals surface area contributed by atoms with E-state index in [1.165, 1.54) is 17.0 Å². The average molecular weight is 282 g/mol. The number of fused-ring (bicyclic) bond motifs is 1. The molecule has 5 heteroatoms. The molecule has 2 aromatic carbocycles. The number of phenols is 1. The van der Waals surface area contributed by atoms with Crippen LogP contribution >= 0.6 is 0 Å². The van der Waals surface area contributed by atoms with E-state index in [2.05, 4.69) is 0 Å². The summed E-state index contributed by atoms with van der Waals surface area (Å²) in [5.74, 6) is -0.589. The summed E-state index contributed by atoms with van der Waals surface area (Å²) >= 11 is 0. The van der Waals surface area contributed by atoms with E-state index in [9.17, 15) is 14.7 Å². The summed E-state index contributed by atoms with van der Waals surface area (Å²) in [4.78, 5) is 26.1. The Balaban J connectivity index is 2.02. The molecule has 0 saturated carbocycles. The number of hydrogen-bond acceptors (Lipinski definition) is 4. The molecule has 1 aliphatic heterocycles. The van der Waals surface area contributed by atoms with Gasteiger partial charge in [0.05, 0.1) is 17.2 Å². The fourth-order valence-electron chi connectivity index (χ4n) is 2.58. The zero-order chi connectivity index (χ0) is 15.1. The smallest absolute Gasteiger partial charge is 0.264 e. The molecule has 21 heavy (non-hydrogen) atoms. The van der Waals surface area contributed by atoms with Crippen molar-refractivity contribution in [2.45, 2.75) is 13.0 Å². The van der Waals surface area contributed by atoms with Crippen LogP contribution < -0.4 is 5.73 Å². The van der Waals surface area contributed by atoms with Crippen molar-refractivity contribution in [3.63, 3.8) is 0 Å². The molecule has 2 aromatic rings. The van der Waals surface area contributed by atoms with Gasteiger partial charge in [-0.2, -0.15) is 0 Å². The third-order valence-electron chi connectivity index (χ3n) is 3.74. The number of benzene rings is 2. The van der Waals surface area contributed by atoms with Crippen LogP contribution in [-0.4, -0.2) is 21.8 Å². The second-order valence-corrected chi connectivity index (χ2v) is 5.02. The summed E-state index contributed by atoms with van der Waals surface area (Å²) in [5, 5.41) is 9.32. The molecule has 1 heterocycles. The number of phenolic OH excluding ortho intramolecular Hbond substituents is 1. The quantitative estimate of drug-likeness (QED) is 0.654. The van der Waals surface area contributed by atoms with Crippen LogP contribution in [0.15, 0.2) is 42.5 Å². The van der Waals surface area contributed by atoms with Crippen molar-refractivity contribution < 1.29 is 14.7 Å². The Morgan fingerprint density at radius 2 is 1.71 bits per heavy atom. The van der Waals surface area contributed by atoms with Crippen LogP contribution in [0.3, 0.4) is 0 Å². The van der Waals surface area contributed by atoms with Gasteiger partial charge in [-0.3, -0.25) is 14.5 Å². The molecule has 0 aromatic heterocycles. The number of amides is 2. The molecule has 1 unspecified atom stereocenters. The van der Waals surface area contributed by atoms with E-state index < -0.39 is 6.04 Å². The number of aromatic hydroxyl groups is 1. The fourth-order valence-corrected chi connectivity index (χ4v) is 2.58. The average Bonchev–Trinajstić information content (AvgIpc) is 2.72. The molecule has 0 aliphatic carbocycles. The molecule has 106 valence electrons. The zero-order valence-electron chi connectivity index (χ0n) is 11.4. The predicted octanol–water partition coefficient (Wildman–Crippen LogP) is 2.33. The first-order valence-electron chi connectivity index (χ1n) is 6.56. The lowest BCUT2D eigenvalue weighted by atomic mass is 10.1. The Bertz CT molecular complexity index is 738. The summed E-state index contributed by atoms with van der Waals surface area (Å²) in [6.07, 6.45) is 0. The molecule has 1 aliphatic rings. The molecule has 3 rings (SSSR count). The van der Waals surface area contributed by atoms with E-state index in [1.54, 1.807) is 37.3 Å². The first-order chi connectivity index (χ1) is 10.0. The van der Waals surface area contributed by atoms with E-state index in [0.29, 0.717) is 11.3 Å². The van der Waals surface area contributed by atoms with Crippen molar-refractivity contribution in [2.24, 2.45) is 0 Å². The topological polar surface area (TPSA) is 83.6 Å². The van der Waals surface area contributed by atoms with Crippen LogP contribution in [0.4, 0.5) is 5.69 Å². The third kappa shape index (κ3) is 1.94. The highest BCUT2D eigenvalue weighted by atomic mass is 16.3. The SMILES string of the molecule is CC(c1ccc(O)cc1)N1C(=O)c2cccc(N)c2C1=O. The second-order valence-electron chi connectivity index (χ2n) is 5.02. The Morgan fingerprint density at radius 1 is 1.05 bits per heavy atom. The van der Waals surface area contributed by atoms with Crippen molar-refractivity contribution >= 4 is 17.5 Å². The third-order valence-corrected chi connectivity index (χ3v) is 3.74. The van der Waals surface area contributed by atoms with Gasteiger partial charge in [0.15, 0.2) is 0 Å². The minimum absolute atomic E-state index is 0.137. The maximum absolute atomic E-state index is 12.5. The Morgan fingerprint density at radius 3 is 2.33 bits per heavy atom. The van der Waals surface area contributed by atoms with Gasteiger partial charge in [-0.15, -0.1) is 0 Å². The van der Waals surface area contributed by atoms with Crippen LogP contribution in [0.5, 0.6) is 5.75 Å². The number of nitrogen functional groups attached to an aromatic ring is 1. The van der Waals surface area contributed by atoms with E-state index in [-0.39, 0.29) is 23.1 Å². The lowest BCUT2D eigenvalue weighted by molar-refractivity contribution is 0.0595. The number of carbonyl (C=O) groups is 2. The Kier molecular flexibility index (Phi) is 2.90. The van der Waals surface area contributed by atoms with Crippen molar-refractivity contribution in [1.29, 1.82) is 0 Å². The van der Waals surface area contributed by atoms with E-state index >= 15 is 0 Å². The molecular weight excluding hydrogens is 268 g/mol. The number of hydrogen-bond donors (Lipinski definition) is 2. The van der Waals surface area contributed by atoms with Gasteiger partial charge < -0.3 is 10.8 Å². The van der Waals surface area contributed by atoms with Crippen LogP contribution in [0.1, 0.15) is 39.2 Å². The van der Waals surface area contributed by atoms with Gasteiger partial charge in [0.2, 0.25) is 0 Å². The van der Waals surface area contributed by atoms with Crippen molar-refractivity contribution in [2.75, 3.05) is 5.73 Å². The highest BCUT2D eigenvalue weighted by Gasteiger charge is 2.40. The number of nitrogens with zero attached hydrogens (tertiary/aromatic N) is 1. The number of carbonyl (C=O) groups excluding carboxylic acids is 2. The molecule has 0 spiro atoms. The number of imide groups is 1. The van der Waals surface area contributed by atoms with Crippen LogP contribution in [0, 0.1) is 0 Å². The second kappa shape index (κ2) is 4.63. The molecule has 0 radical (unpaired) electrons. The molecule has 3 N–H and O–H groups in total. The van der Waals surface area contributed by atoms with Gasteiger partial charge in [-0.25, -0.2) is 0 Å². The molecular formula is C16H14N2O3. The van der Waals surface area contributed by atoms with E-state index in [4.69, 9.17) is 5.73 Å². The first kappa shape index (κ1) is 13.2. The minimum atomic E-state index is -0.433. The van der Waals surface area contributed by atoms with Gasteiger partial charge in [0.1, 0.15) is 5.75 Å². The van der Waals surface area contributed by atoms with E-state index in [0.717, 1.165) is 5.56 Å². The van der Waals surface area contributed by atoms with Gasteiger partial charge >= 0.3 is 0 Å². The molecule has 0 bridgehead atoms. The lowest BCUT2D eigenvalue weighted by Gasteiger charge is -2.22. The summed E-state index contributed by atoms with van der Waals surface area (Å²) in [6.45, 7) is 1.77. The van der Waals surface area contributed by atoms with Gasteiger partial charge in [-0.05, 0) is 36.8 Å². The zero-order valence-corrected chi connectivity index (χ0v) is 11.4. The number of nitrogens with two attached hydrogens (primary N) is 1. The van der Waals surface area contributed by atoms with Gasteiger partial charge in [0.25, 0.3) is 11.8 Å². The highest BCUT2D eigenvalue weighted by Crippen LogP contribution is 2.34. The Hall–Kier alpha value is -2.82. The predicted molar refractivity (Wildman–Crippen MR) is 77.9 cm³/mol. The lowest BCUT2D eigenvalue weighted by Crippen LogP contribution is -2.32. The standard InChI is InChI=1S/C16H14N2O3/c1-9(10-5-7-11(19)8-6-10)18-15(20)12-3-2-4-13(17)14(12)16(18)21/h2-9,19H,17H2,1H3. The monoisotopic (exact) mass is 282 g/mol. The summed E-state index contributed by atoms with van der Waals surface area (Å²) in [6, 6.07) is 10.9. The normalized spacial score (nSPS) is 15.2. The molecule has 1 atom stereocenters. The first-order valence-corrected chi connectivity index (χ1v) is 6.56. The summed E-state index contributed by atoms with van der Waals surface area (Å²) in [7, 11) is 0. The maximum Gasteiger partial charge on any atom is 0.264 e. The fraction of sp³-hybridized carbons (Fsp3) is 0.125. The molecule has 2 amide bonds. The van der Waals surface area contributed by atoms with Crippen molar-refractivity contribution in [3.05, 3.63) is 59.2 Å². The van der Waals surface area contributed by atoms with Crippen molar-refractivity contribution in [1.82, 2.24) is 4.90 Å². The molecule has 0 saturated heterocycles. The van der Waals surface area contributed by atoms with Gasteiger partial charge in [0, 0.05) is 5.69 Å². The molecule has 0 fully saturated rings. The van der Waals surface area contributed by atoms with E-state index in [1.807, 2.05) is 0 Å². The summed E-state index contributed by atoms with van der Waals surface area (Å²) in [5.41, 5.74) is 7.50. The van der Waals surface area contributed by atoms with Crippen LogP contribution in [0.25, 0.3) is 0 Å². The minimum Gasteiger partial charge on any atom is -0.508 e. The number of anilines is 1. The maximum atomic E-state index is 12.5.